The molecule has 0 unspecified atom stereocenters. The molecule has 1 fully saturated rings. The highest BCUT2D eigenvalue weighted by Crippen LogP contribution is 2.26. The van der Waals surface area contributed by atoms with Crippen LogP contribution in [-0.2, 0) is 4.79 Å². The van der Waals surface area contributed by atoms with E-state index in [2.05, 4.69) is 16.3 Å². The van der Waals surface area contributed by atoms with Crippen molar-refractivity contribution in [1.82, 2.24) is 0 Å². The van der Waals surface area contributed by atoms with Gasteiger partial charge in [0.15, 0.2) is 0 Å². The number of piperidine rings is 1. The third kappa shape index (κ3) is 4.70. The van der Waals surface area contributed by atoms with Crippen molar-refractivity contribution in [2.24, 2.45) is 0 Å². The molecule has 2 rings (SSSR count). The van der Waals surface area contributed by atoms with Gasteiger partial charge >= 0.3 is 0 Å². The maximum atomic E-state index is 11.8. The fourth-order valence-corrected chi connectivity index (χ4v) is 2.52. The van der Waals surface area contributed by atoms with Crippen LogP contribution in [0.2, 0.25) is 0 Å². The van der Waals surface area contributed by atoms with E-state index in [1.54, 1.807) is 24.3 Å². The number of amides is 1. The summed E-state index contributed by atoms with van der Waals surface area (Å²) in [5, 5.41) is 21.7. The number of nitrogens with zero attached hydrogens (tertiary/aromatic N) is 2. The lowest BCUT2D eigenvalue weighted by molar-refractivity contribution is -0.111. The normalized spacial score (nSPS) is 16.0. The Balaban J connectivity index is 2.10. The fraction of sp³-hybridized carbons (Fsp3) is 0.333. The predicted molar refractivity (Wildman–Crippen MR) is 91.2 cm³/mol. The Morgan fingerprint density at radius 2 is 2.13 bits per heavy atom. The number of carbonyl (C=O) groups excluding carboxylic acids is 1. The van der Waals surface area contributed by atoms with Gasteiger partial charge in [-0.2, -0.15) is 5.26 Å². The minimum Gasteiger partial charge on any atom is -0.393 e. The first-order valence-electron chi connectivity index (χ1n) is 7.71. The highest BCUT2D eigenvalue weighted by atomic mass is 16.3. The number of nitriles is 1. The van der Waals surface area contributed by atoms with Crippen molar-refractivity contribution in [3.05, 3.63) is 48.1 Å². The molecule has 2 N–H and O–H groups in total. The van der Waals surface area contributed by atoms with E-state index in [0.29, 0.717) is 24.1 Å². The van der Waals surface area contributed by atoms with Crippen LogP contribution in [0.15, 0.2) is 42.5 Å². The standard InChI is InChI=1S/C18H21N3O2/c1-2-3-4-5-18(23)20-15-6-7-17(14(12-15)13-19)21-10-8-16(22)9-11-21/h2-7,12,16,22H,8-11H2,1H3,(H,20,23). The average molecular weight is 311 g/mol. The van der Waals surface area contributed by atoms with Gasteiger partial charge in [0, 0.05) is 24.9 Å². The van der Waals surface area contributed by atoms with Crippen LogP contribution in [0.5, 0.6) is 0 Å². The van der Waals surface area contributed by atoms with Crippen molar-refractivity contribution < 1.29 is 9.90 Å². The van der Waals surface area contributed by atoms with Crippen LogP contribution >= 0.6 is 0 Å². The Bertz CT molecular complexity index is 651. The molecule has 23 heavy (non-hydrogen) atoms. The summed E-state index contributed by atoms with van der Waals surface area (Å²) in [5.41, 5.74) is 1.97. The number of allylic oxidation sites excluding steroid dienone is 3. The molecule has 0 spiro atoms. The summed E-state index contributed by atoms with van der Waals surface area (Å²) in [7, 11) is 0. The molecule has 1 amide bonds. The van der Waals surface area contributed by atoms with Gasteiger partial charge < -0.3 is 15.3 Å². The monoisotopic (exact) mass is 311 g/mol. The van der Waals surface area contributed by atoms with Gasteiger partial charge in [0.2, 0.25) is 5.91 Å². The van der Waals surface area contributed by atoms with Gasteiger partial charge in [0.1, 0.15) is 6.07 Å². The van der Waals surface area contributed by atoms with Crippen molar-refractivity contribution in [3.63, 3.8) is 0 Å². The van der Waals surface area contributed by atoms with Crippen molar-refractivity contribution in [3.8, 4) is 6.07 Å². The number of hydrogen-bond acceptors (Lipinski definition) is 4. The van der Waals surface area contributed by atoms with E-state index in [1.807, 2.05) is 19.1 Å². The molecule has 1 aromatic carbocycles. The van der Waals surface area contributed by atoms with Crippen molar-refractivity contribution in [2.45, 2.75) is 25.9 Å². The molecule has 1 aliphatic heterocycles. The summed E-state index contributed by atoms with van der Waals surface area (Å²) < 4.78 is 0. The number of aliphatic hydroxyl groups excluding tert-OH is 1. The Kier molecular flexibility index (Phi) is 5.95. The number of aliphatic hydroxyl groups is 1. The molecule has 5 heteroatoms. The zero-order chi connectivity index (χ0) is 16.7. The highest BCUT2D eigenvalue weighted by molar-refractivity contribution is 5.99. The zero-order valence-corrected chi connectivity index (χ0v) is 13.2. The van der Waals surface area contributed by atoms with Crippen LogP contribution in [0.4, 0.5) is 11.4 Å². The van der Waals surface area contributed by atoms with Crippen LogP contribution in [0, 0.1) is 11.3 Å². The lowest BCUT2D eigenvalue weighted by Crippen LogP contribution is -2.36. The second-order valence-electron chi connectivity index (χ2n) is 5.44. The maximum absolute atomic E-state index is 11.8. The molecule has 0 aliphatic carbocycles. The zero-order valence-electron chi connectivity index (χ0n) is 13.2. The van der Waals surface area contributed by atoms with Crippen molar-refractivity contribution in [2.75, 3.05) is 23.3 Å². The van der Waals surface area contributed by atoms with E-state index in [9.17, 15) is 15.2 Å². The molecule has 1 aliphatic rings. The molecular formula is C18H21N3O2. The molecule has 1 heterocycles. The van der Waals surface area contributed by atoms with E-state index in [4.69, 9.17) is 0 Å². The quantitative estimate of drug-likeness (QED) is 0.662. The third-order valence-corrected chi connectivity index (χ3v) is 3.74. The van der Waals surface area contributed by atoms with Crippen molar-refractivity contribution in [1.29, 1.82) is 5.26 Å². The SMILES string of the molecule is CC=CC=CC(=O)Nc1ccc(N2CCC(O)CC2)c(C#N)c1. The molecule has 1 aromatic rings. The highest BCUT2D eigenvalue weighted by Gasteiger charge is 2.19. The lowest BCUT2D eigenvalue weighted by Gasteiger charge is -2.32. The van der Waals surface area contributed by atoms with Gasteiger partial charge in [-0.3, -0.25) is 4.79 Å². The molecule has 0 aromatic heterocycles. The number of benzene rings is 1. The van der Waals surface area contributed by atoms with Crippen molar-refractivity contribution >= 4 is 17.3 Å². The van der Waals surface area contributed by atoms with E-state index < -0.39 is 0 Å². The van der Waals surface area contributed by atoms with Crippen LogP contribution in [0.1, 0.15) is 25.3 Å². The molecule has 0 atom stereocenters. The van der Waals surface area contributed by atoms with Gasteiger partial charge in [0.25, 0.3) is 0 Å². The first kappa shape index (κ1) is 16.8. The second-order valence-corrected chi connectivity index (χ2v) is 5.44. The minimum atomic E-state index is -0.251. The number of rotatable bonds is 4. The third-order valence-electron chi connectivity index (χ3n) is 3.74. The summed E-state index contributed by atoms with van der Waals surface area (Å²) in [6, 6.07) is 7.51. The van der Waals surface area contributed by atoms with Gasteiger partial charge in [-0.15, -0.1) is 0 Å². The molecule has 5 nitrogen and oxygen atoms in total. The van der Waals surface area contributed by atoms with Gasteiger partial charge in [0.05, 0.1) is 17.4 Å². The Hall–Kier alpha value is -2.58. The van der Waals surface area contributed by atoms with Crippen LogP contribution in [0.3, 0.4) is 0 Å². The summed E-state index contributed by atoms with van der Waals surface area (Å²) >= 11 is 0. The molecule has 0 radical (unpaired) electrons. The Morgan fingerprint density at radius 3 is 2.78 bits per heavy atom. The van der Waals surface area contributed by atoms with Crippen LogP contribution in [0.25, 0.3) is 0 Å². The smallest absolute Gasteiger partial charge is 0.248 e. The molecule has 120 valence electrons. The Morgan fingerprint density at radius 1 is 1.39 bits per heavy atom. The summed E-state index contributed by atoms with van der Waals surface area (Å²) in [6.45, 7) is 3.33. The average Bonchev–Trinajstić information content (AvgIpc) is 2.56. The molecular weight excluding hydrogens is 290 g/mol. The number of carbonyl (C=O) groups is 1. The van der Waals surface area contributed by atoms with Gasteiger partial charge in [-0.05, 0) is 38.0 Å². The molecule has 0 bridgehead atoms. The maximum Gasteiger partial charge on any atom is 0.248 e. The fourth-order valence-electron chi connectivity index (χ4n) is 2.52. The second kappa shape index (κ2) is 8.16. The van der Waals surface area contributed by atoms with E-state index in [0.717, 1.165) is 18.8 Å². The van der Waals surface area contributed by atoms with E-state index >= 15 is 0 Å². The van der Waals surface area contributed by atoms with Crippen LogP contribution < -0.4 is 10.2 Å². The van der Waals surface area contributed by atoms with Gasteiger partial charge in [-0.1, -0.05) is 18.2 Å². The first-order chi connectivity index (χ1) is 11.1. The number of hydrogen-bond donors (Lipinski definition) is 2. The number of nitrogens with one attached hydrogen (secondary N) is 1. The van der Waals surface area contributed by atoms with Crippen LogP contribution in [-0.4, -0.2) is 30.2 Å². The first-order valence-corrected chi connectivity index (χ1v) is 7.71. The summed E-state index contributed by atoms with van der Waals surface area (Å²) in [5.74, 6) is -0.235. The topological polar surface area (TPSA) is 76.4 Å². The lowest BCUT2D eigenvalue weighted by atomic mass is 10.0. The largest absolute Gasteiger partial charge is 0.393 e. The molecule has 0 saturated carbocycles. The number of anilines is 2. The molecule has 1 saturated heterocycles. The predicted octanol–water partition coefficient (Wildman–Crippen LogP) is 2.59. The summed E-state index contributed by atoms with van der Waals surface area (Å²) in [6.07, 6.45) is 7.87. The summed E-state index contributed by atoms with van der Waals surface area (Å²) in [4.78, 5) is 13.9. The van der Waals surface area contributed by atoms with Gasteiger partial charge in [-0.25, -0.2) is 0 Å². The van der Waals surface area contributed by atoms with E-state index in [-0.39, 0.29) is 12.0 Å². The Labute approximate surface area is 136 Å². The minimum absolute atomic E-state index is 0.235. The van der Waals surface area contributed by atoms with E-state index in [1.165, 1.54) is 6.08 Å².